The second-order valence-corrected chi connectivity index (χ2v) is 6.06. The van der Waals surface area contributed by atoms with E-state index in [2.05, 4.69) is 26.8 Å². The Labute approximate surface area is 126 Å². The van der Waals surface area contributed by atoms with Crippen molar-refractivity contribution in [2.24, 2.45) is 5.73 Å². The predicted molar refractivity (Wildman–Crippen MR) is 82.5 cm³/mol. The SMILES string of the molecule is CCOC(=O)C1(N)CCC(Oc2cc(C)cc(C)c2C)C1. The molecule has 116 valence electrons. The van der Waals surface area contributed by atoms with Gasteiger partial charge in [0, 0.05) is 6.42 Å². The zero-order valence-corrected chi connectivity index (χ0v) is 13.4. The lowest BCUT2D eigenvalue weighted by molar-refractivity contribution is -0.149. The number of rotatable bonds is 4. The Bertz CT molecular complexity index is 541. The summed E-state index contributed by atoms with van der Waals surface area (Å²) in [6.07, 6.45) is 1.87. The zero-order valence-electron chi connectivity index (χ0n) is 13.4. The molecule has 0 radical (unpaired) electrons. The van der Waals surface area contributed by atoms with Crippen LogP contribution in [0.2, 0.25) is 0 Å². The molecule has 1 fully saturated rings. The Morgan fingerprint density at radius 3 is 2.76 bits per heavy atom. The number of hydrogen-bond acceptors (Lipinski definition) is 4. The second-order valence-electron chi connectivity index (χ2n) is 6.06. The fourth-order valence-electron chi connectivity index (χ4n) is 2.89. The molecular weight excluding hydrogens is 266 g/mol. The van der Waals surface area contributed by atoms with Crippen molar-refractivity contribution >= 4 is 5.97 Å². The van der Waals surface area contributed by atoms with Crippen LogP contribution >= 0.6 is 0 Å². The number of esters is 1. The summed E-state index contributed by atoms with van der Waals surface area (Å²) >= 11 is 0. The number of aryl methyl sites for hydroxylation is 2. The van der Waals surface area contributed by atoms with Gasteiger partial charge in [0.05, 0.1) is 6.61 Å². The van der Waals surface area contributed by atoms with E-state index in [4.69, 9.17) is 15.2 Å². The van der Waals surface area contributed by atoms with Crippen molar-refractivity contribution in [2.75, 3.05) is 6.61 Å². The Balaban J connectivity index is 2.08. The molecule has 0 amide bonds. The summed E-state index contributed by atoms with van der Waals surface area (Å²) in [6, 6.07) is 4.19. The monoisotopic (exact) mass is 291 g/mol. The van der Waals surface area contributed by atoms with Gasteiger partial charge in [-0.1, -0.05) is 6.07 Å². The molecule has 1 aromatic carbocycles. The smallest absolute Gasteiger partial charge is 0.326 e. The molecule has 1 aliphatic rings. The molecule has 2 atom stereocenters. The highest BCUT2D eigenvalue weighted by molar-refractivity contribution is 5.81. The van der Waals surface area contributed by atoms with Crippen molar-refractivity contribution in [3.63, 3.8) is 0 Å². The molecule has 1 saturated carbocycles. The molecule has 2 unspecified atom stereocenters. The van der Waals surface area contributed by atoms with E-state index in [1.54, 1.807) is 6.92 Å². The number of nitrogens with two attached hydrogens (primary N) is 1. The van der Waals surface area contributed by atoms with Gasteiger partial charge in [-0.2, -0.15) is 0 Å². The van der Waals surface area contributed by atoms with Crippen LogP contribution < -0.4 is 10.5 Å². The molecular formula is C17H25NO3. The molecule has 0 bridgehead atoms. The third-order valence-electron chi connectivity index (χ3n) is 4.24. The molecule has 4 heteroatoms. The summed E-state index contributed by atoms with van der Waals surface area (Å²) in [6.45, 7) is 8.35. The molecule has 1 aliphatic carbocycles. The van der Waals surface area contributed by atoms with Crippen molar-refractivity contribution in [2.45, 2.75) is 58.6 Å². The van der Waals surface area contributed by atoms with Crippen LogP contribution in [0.25, 0.3) is 0 Å². The Kier molecular flexibility index (Phi) is 4.57. The summed E-state index contributed by atoms with van der Waals surface area (Å²) in [5.74, 6) is 0.582. The standard InChI is InChI=1S/C17H25NO3/c1-5-20-16(19)17(18)7-6-14(10-17)21-15-9-11(2)8-12(3)13(15)4/h8-9,14H,5-7,10,18H2,1-4H3. The van der Waals surface area contributed by atoms with Crippen molar-refractivity contribution in [3.8, 4) is 5.75 Å². The van der Waals surface area contributed by atoms with Crippen LogP contribution in [-0.2, 0) is 9.53 Å². The molecule has 4 nitrogen and oxygen atoms in total. The van der Waals surface area contributed by atoms with Gasteiger partial charge in [0.1, 0.15) is 17.4 Å². The summed E-state index contributed by atoms with van der Waals surface area (Å²) in [4.78, 5) is 11.9. The highest BCUT2D eigenvalue weighted by Crippen LogP contribution is 2.34. The Morgan fingerprint density at radius 1 is 1.38 bits per heavy atom. The van der Waals surface area contributed by atoms with Gasteiger partial charge < -0.3 is 15.2 Å². The van der Waals surface area contributed by atoms with E-state index in [0.29, 0.717) is 19.4 Å². The lowest BCUT2D eigenvalue weighted by Gasteiger charge is -2.22. The normalized spacial score (nSPS) is 24.9. The first-order valence-corrected chi connectivity index (χ1v) is 7.56. The Hall–Kier alpha value is -1.55. The average Bonchev–Trinajstić information content (AvgIpc) is 2.79. The minimum absolute atomic E-state index is 0.0284. The summed E-state index contributed by atoms with van der Waals surface area (Å²) < 4.78 is 11.2. The topological polar surface area (TPSA) is 61.5 Å². The number of carbonyl (C=O) groups excluding carboxylic acids is 1. The van der Waals surface area contributed by atoms with Gasteiger partial charge in [-0.25, -0.2) is 0 Å². The lowest BCUT2D eigenvalue weighted by Crippen LogP contribution is -2.47. The summed E-state index contributed by atoms with van der Waals surface area (Å²) in [5.41, 5.74) is 8.82. The third-order valence-corrected chi connectivity index (χ3v) is 4.24. The molecule has 2 rings (SSSR count). The second kappa shape index (κ2) is 6.06. The molecule has 0 heterocycles. The number of benzene rings is 1. The first-order chi connectivity index (χ1) is 9.85. The maximum Gasteiger partial charge on any atom is 0.326 e. The van der Waals surface area contributed by atoms with Gasteiger partial charge in [-0.3, -0.25) is 4.79 Å². The van der Waals surface area contributed by atoms with E-state index in [-0.39, 0.29) is 12.1 Å². The fourth-order valence-corrected chi connectivity index (χ4v) is 2.89. The van der Waals surface area contributed by atoms with Crippen molar-refractivity contribution in [3.05, 3.63) is 28.8 Å². The molecule has 0 aromatic heterocycles. The van der Waals surface area contributed by atoms with Crippen LogP contribution in [0.4, 0.5) is 0 Å². The summed E-state index contributed by atoms with van der Waals surface area (Å²) in [5, 5.41) is 0. The molecule has 0 spiro atoms. The number of hydrogen-bond donors (Lipinski definition) is 1. The van der Waals surface area contributed by atoms with Crippen molar-refractivity contribution < 1.29 is 14.3 Å². The van der Waals surface area contributed by atoms with Crippen LogP contribution in [0.15, 0.2) is 12.1 Å². The van der Waals surface area contributed by atoms with E-state index in [1.807, 2.05) is 6.07 Å². The molecule has 21 heavy (non-hydrogen) atoms. The van der Waals surface area contributed by atoms with E-state index >= 15 is 0 Å². The third kappa shape index (κ3) is 3.38. The van der Waals surface area contributed by atoms with Gasteiger partial charge in [0.2, 0.25) is 0 Å². The van der Waals surface area contributed by atoms with Gasteiger partial charge in [-0.15, -0.1) is 0 Å². The molecule has 0 aliphatic heterocycles. The Morgan fingerprint density at radius 2 is 2.10 bits per heavy atom. The lowest BCUT2D eigenvalue weighted by atomic mass is 9.99. The largest absolute Gasteiger partial charge is 0.490 e. The number of carbonyl (C=O) groups is 1. The minimum Gasteiger partial charge on any atom is -0.490 e. The quantitative estimate of drug-likeness (QED) is 0.867. The maximum atomic E-state index is 11.9. The van der Waals surface area contributed by atoms with E-state index < -0.39 is 5.54 Å². The van der Waals surface area contributed by atoms with E-state index in [0.717, 1.165) is 17.7 Å². The highest BCUT2D eigenvalue weighted by atomic mass is 16.5. The van der Waals surface area contributed by atoms with E-state index in [1.165, 1.54) is 11.1 Å². The van der Waals surface area contributed by atoms with Crippen LogP contribution in [0.3, 0.4) is 0 Å². The van der Waals surface area contributed by atoms with Crippen LogP contribution in [0.5, 0.6) is 5.75 Å². The molecule has 0 saturated heterocycles. The molecule has 1 aromatic rings. The maximum absolute atomic E-state index is 11.9. The van der Waals surface area contributed by atoms with Crippen molar-refractivity contribution in [1.82, 2.24) is 0 Å². The first-order valence-electron chi connectivity index (χ1n) is 7.56. The van der Waals surface area contributed by atoms with Gasteiger partial charge in [0.25, 0.3) is 0 Å². The van der Waals surface area contributed by atoms with Gasteiger partial charge in [-0.05, 0) is 63.3 Å². The zero-order chi connectivity index (χ0) is 15.6. The van der Waals surface area contributed by atoms with Crippen LogP contribution in [-0.4, -0.2) is 24.2 Å². The van der Waals surface area contributed by atoms with Crippen LogP contribution in [0, 0.1) is 20.8 Å². The van der Waals surface area contributed by atoms with Crippen molar-refractivity contribution in [1.29, 1.82) is 0 Å². The number of ether oxygens (including phenoxy) is 2. The summed E-state index contributed by atoms with van der Waals surface area (Å²) in [7, 11) is 0. The fraction of sp³-hybridized carbons (Fsp3) is 0.588. The van der Waals surface area contributed by atoms with Gasteiger partial charge in [0.15, 0.2) is 0 Å². The minimum atomic E-state index is -0.895. The molecule has 2 N–H and O–H groups in total. The van der Waals surface area contributed by atoms with Gasteiger partial charge >= 0.3 is 5.97 Å². The highest BCUT2D eigenvalue weighted by Gasteiger charge is 2.44. The van der Waals surface area contributed by atoms with E-state index in [9.17, 15) is 4.79 Å². The van der Waals surface area contributed by atoms with Crippen LogP contribution in [0.1, 0.15) is 42.9 Å². The first kappa shape index (κ1) is 15.8. The predicted octanol–water partition coefficient (Wildman–Crippen LogP) is 2.80. The average molecular weight is 291 g/mol.